The lowest BCUT2D eigenvalue weighted by Crippen LogP contribution is -2.32. The van der Waals surface area contributed by atoms with E-state index in [1.807, 2.05) is 27.8 Å². The molecule has 0 aromatic heterocycles. The first kappa shape index (κ1) is 13.4. The predicted molar refractivity (Wildman–Crippen MR) is 76.4 cm³/mol. The second-order valence-electron chi connectivity index (χ2n) is 4.98. The summed E-state index contributed by atoms with van der Waals surface area (Å²) in [6, 6.07) is 0. The van der Waals surface area contributed by atoms with Crippen molar-refractivity contribution in [1.82, 2.24) is 0 Å². The Morgan fingerprint density at radius 2 is 1.83 bits per heavy atom. The van der Waals surface area contributed by atoms with Gasteiger partial charge in [0.1, 0.15) is 5.75 Å². The maximum absolute atomic E-state index is 12.2. The van der Waals surface area contributed by atoms with Gasteiger partial charge in [-0.2, -0.15) is 0 Å². The standard InChI is InChI=1S/C14H18BrNO2/c1-7-6-18-13-10(4)11(15)8(2)9(3)12(13)16(5)14(7)17/h7H,6H2,1-5H3. The number of anilines is 1. The minimum Gasteiger partial charge on any atom is -0.490 e. The monoisotopic (exact) mass is 311 g/mol. The summed E-state index contributed by atoms with van der Waals surface area (Å²) >= 11 is 3.60. The fourth-order valence-electron chi connectivity index (χ4n) is 2.37. The molecule has 0 fully saturated rings. The zero-order valence-corrected chi connectivity index (χ0v) is 13.0. The summed E-state index contributed by atoms with van der Waals surface area (Å²) in [4.78, 5) is 13.9. The first-order chi connectivity index (χ1) is 8.36. The Morgan fingerprint density at radius 3 is 2.44 bits per heavy atom. The average molecular weight is 312 g/mol. The number of ether oxygens (including phenoxy) is 1. The van der Waals surface area contributed by atoms with Crippen molar-refractivity contribution in [2.45, 2.75) is 27.7 Å². The Hall–Kier alpha value is -1.03. The molecular weight excluding hydrogens is 294 g/mol. The summed E-state index contributed by atoms with van der Waals surface area (Å²) in [5.74, 6) is 0.823. The molecule has 3 nitrogen and oxygen atoms in total. The maximum atomic E-state index is 12.2. The van der Waals surface area contributed by atoms with Gasteiger partial charge in [-0.25, -0.2) is 0 Å². The summed E-state index contributed by atoms with van der Waals surface area (Å²) in [5.41, 5.74) is 4.21. The van der Waals surface area contributed by atoms with Crippen molar-refractivity contribution in [3.8, 4) is 5.75 Å². The van der Waals surface area contributed by atoms with E-state index in [1.54, 1.807) is 4.90 Å². The van der Waals surface area contributed by atoms with Gasteiger partial charge in [-0.1, -0.05) is 22.9 Å². The van der Waals surface area contributed by atoms with Gasteiger partial charge < -0.3 is 9.64 Å². The minimum atomic E-state index is -0.111. The lowest BCUT2D eigenvalue weighted by Gasteiger charge is -2.23. The molecule has 0 aliphatic carbocycles. The topological polar surface area (TPSA) is 29.5 Å². The van der Waals surface area contributed by atoms with Gasteiger partial charge >= 0.3 is 0 Å². The smallest absolute Gasteiger partial charge is 0.233 e. The van der Waals surface area contributed by atoms with Crippen molar-refractivity contribution in [3.63, 3.8) is 0 Å². The van der Waals surface area contributed by atoms with Crippen LogP contribution < -0.4 is 9.64 Å². The number of fused-ring (bicyclic) bond motifs is 1. The summed E-state index contributed by atoms with van der Waals surface area (Å²) in [6.07, 6.45) is 0. The van der Waals surface area contributed by atoms with Gasteiger partial charge in [-0.15, -0.1) is 0 Å². The third-order valence-electron chi connectivity index (χ3n) is 3.70. The van der Waals surface area contributed by atoms with Crippen molar-refractivity contribution >= 4 is 27.5 Å². The van der Waals surface area contributed by atoms with Crippen molar-refractivity contribution in [3.05, 3.63) is 21.2 Å². The van der Waals surface area contributed by atoms with Gasteiger partial charge in [-0.3, -0.25) is 4.79 Å². The predicted octanol–water partition coefficient (Wildman–Crippen LogP) is 3.37. The first-order valence-corrected chi connectivity index (χ1v) is 6.85. The zero-order chi connectivity index (χ0) is 13.6. The molecule has 2 rings (SSSR count). The Labute approximate surface area is 116 Å². The normalized spacial score (nSPS) is 19.3. The molecule has 0 bridgehead atoms. The van der Waals surface area contributed by atoms with Crippen LogP contribution in [0.25, 0.3) is 0 Å². The summed E-state index contributed by atoms with van der Waals surface area (Å²) in [7, 11) is 1.83. The van der Waals surface area contributed by atoms with Crippen LogP contribution in [-0.2, 0) is 4.79 Å². The van der Waals surface area contributed by atoms with Crippen molar-refractivity contribution in [2.75, 3.05) is 18.6 Å². The highest BCUT2D eigenvalue weighted by atomic mass is 79.9. The highest BCUT2D eigenvalue weighted by molar-refractivity contribution is 9.10. The molecule has 1 aliphatic rings. The number of carbonyl (C=O) groups excluding carboxylic acids is 1. The SMILES string of the molecule is Cc1c(C)c2c(c(C)c1Br)OCC(C)C(=O)N2C. The zero-order valence-electron chi connectivity index (χ0n) is 11.4. The van der Waals surface area contributed by atoms with Crippen LogP contribution in [0.4, 0.5) is 5.69 Å². The van der Waals surface area contributed by atoms with Crippen LogP contribution in [0.1, 0.15) is 23.6 Å². The van der Waals surface area contributed by atoms with Crippen LogP contribution in [0, 0.1) is 26.7 Å². The molecule has 1 amide bonds. The van der Waals surface area contributed by atoms with Crippen LogP contribution in [0.2, 0.25) is 0 Å². The largest absolute Gasteiger partial charge is 0.490 e. The van der Waals surface area contributed by atoms with E-state index in [0.29, 0.717) is 6.61 Å². The fourth-order valence-corrected chi connectivity index (χ4v) is 2.85. The summed E-state index contributed by atoms with van der Waals surface area (Å²) < 4.78 is 6.92. The van der Waals surface area contributed by atoms with Crippen LogP contribution in [-0.4, -0.2) is 19.6 Å². The van der Waals surface area contributed by atoms with Crippen LogP contribution >= 0.6 is 15.9 Å². The Kier molecular flexibility index (Phi) is 3.41. The highest BCUT2D eigenvalue weighted by Crippen LogP contribution is 2.43. The van der Waals surface area contributed by atoms with Crippen LogP contribution in [0.5, 0.6) is 5.75 Å². The molecule has 1 aromatic carbocycles. The van der Waals surface area contributed by atoms with Gasteiger partial charge in [-0.05, 0) is 31.9 Å². The molecule has 18 heavy (non-hydrogen) atoms. The quantitative estimate of drug-likeness (QED) is 0.735. The third kappa shape index (κ3) is 1.83. The number of hydrogen-bond donors (Lipinski definition) is 0. The number of nitrogens with zero attached hydrogens (tertiary/aromatic N) is 1. The van der Waals surface area contributed by atoms with Gasteiger partial charge in [0.15, 0.2) is 0 Å². The molecule has 1 aromatic rings. The van der Waals surface area contributed by atoms with Gasteiger partial charge in [0.25, 0.3) is 0 Å². The van der Waals surface area contributed by atoms with Crippen molar-refractivity contribution in [2.24, 2.45) is 5.92 Å². The van der Waals surface area contributed by atoms with E-state index in [9.17, 15) is 4.79 Å². The molecule has 0 N–H and O–H groups in total. The van der Waals surface area contributed by atoms with Crippen molar-refractivity contribution in [1.29, 1.82) is 0 Å². The molecule has 4 heteroatoms. The molecule has 0 radical (unpaired) electrons. The Bertz CT molecular complexity index is 525. The molecule has 1 heterocycles. The van der Waals surface area contributed by atoms with E-state index in [4.69, 9.17) is 4.74 Å². The average Bonchev–Trinajstić information content (AvgIpc) is 2.46. The second kappa shape index (κ2) is 4.57. The lowest BCUT2D eigenvalue weighted by molar-refractivity contribution is -0.122. The van der Waals surface area contributed by atoms with Gasteiger partial charge in [0.05, 0.1) is 18.2 Å². The molecule has 0 saturated heterocycles. The van der Waals surface area contributed by atoms with Crippen LogP contribution in [0.3, 0.4) is 0 Å². The number of carbonyl (C=O) groups is 1. The number of benzene rings is 1. The van der Waals surface area contributed by atoms with E-state index >= 15 is 0 Å². The van der Waals surface area contributed by atoms with E-state index in [2.05, 4.69) is 22.9 Å². The maximum Gasteiger partial charge on any atom is 0.233 e. The van der Waals surface area contributed by atoms with Gasteiger partial charge in [0.2, 0.25) is 5.91 Å². The van der Waals surface area contributed by atoms with E-state index in [1.165, 1.54) is 0 Å². The minimum absolute atomic E-state index is 0.109. The molecule has 0 saturated carbocycles. The molecule has 1 unspecified atom stereocenters. The molecule has 0 spiro atoms. The van der Waals surface area contributed by atoms with E-state index in [-0.39, 0.29) is 11.8 Å². The number of amides is 1. The highest BCUT2D eigenvalue weighted by Gasteiger charge is 2.30. The summed E-state index contributed by atoms with van der Waals surface area (Å²) in [6.45, 7) is 8.44. The Morgan fingerprint density at radius 1 is 1.22 bits per heavy atom. The number of halogens is 1. The molecule has 1 aliphatic heterocycles. The second-order valence-corrected chi connectivity index (χ2v) is 5.77. The fraction of sp³-hybridized carbons (Fsp3) is 0.500. The Balaban J connectivity index is 2.74. The van der Waals surface area contributed by atoms with Crippen molar-refractivity contribution < 1.29 is 9.53 Å². The first-order valence-electron chi connectivity index (χ1n) is 6.05. The third-order valence-corrected chi connectivity index (χ3v) is 4.89. The van der Waals surface area contributed by atoms with E-state index in [0.717, 1.165) is 32.6 Å². The molecule has 98 valence electrons. The molecular formula is C14H18BrNO2. The summed E-state index contributed by atoms with van der Waals surface area (Å²) in [5, 5.41) is 0. The van der Waals surface area contributed by atoms with E-state index < -0.39 is 0 Å². The lowest BCUT2D eigenvalue weighted by atomic mass is 10.0. The van der Waals surface area contributed by atoms with Gasteiger partial charge in [0, 0.05) is 17.1 Å². The van der Waals surface area contributed by atoms with Crippen LogP contribution in [0.15, 0.2) is 4.47 Å². The molecule has 1 atom stereocenters. The number of rotatable bonds is 0. The number of hydrogen-bond acceptors (Lipinski definition) is 2.